The van der Waals surface area contributed by atoms with Crippen molar-refractivity contribution in [1.29, 1.82) is 0 Å². The highest BCUT2D eigenvalue weighted by Crippen LogP contribution is 2.15. The van der Waals surface area contributed by atoms with E-state index in [2.05, 4.69) is 4.72 Å². The lowest BCUT2D eigenvalue weighted by molar-refractivity contribution is 0.267. The van der Waals surface area contributed by atoms with E-state index in [0.717, 1.165) is 11.3 Å². The number of hydrogen-bond acceptors (Lipinski definition) is 4. The first-order valence-electron chi connectivity index (χ1n) is 7.33. The van der Waals surface area contributed by atoms with Crippen LogP contribution in [0, 0.1) is 6.92 Å². The molecule has 23 heavy (non-hydrogen) atoms. The predicted molar refractivity (Wildman–Crippen MR) is 95.0 cm³/mol. The molecule has 0 aliphatic carbocycles. The molecule has 0 aliphatic rings. The van der Waals surface area contributed by atoms with Crippen molar-refractivity contribution in [3.8, 4) is 0 Å². The number of nitrogens with one attached hydrogen (secondary N) is 1. The van der Waals surface area contributed by atoms with Gasteiger partial charge in [-0.3, -0.25) is 0 Å². The molecule has 0 bridgehead atoms. The minimum Gasteiger partial charge on any atom is -0.395 e. The van der Waals surface area contributed by atoms with Gasteiger partial charge >= 0.3 is 0 Å². The minimum atomic E-state index is -3.61. The van der Waals surface area contributed by atoms with Crippen molar-refractivity contribution in [2.75, 3.05) is 12.4 Å². The fourth-order valence-electron chi connectivity index (χ4n) is 2.02. The first kappa shape index (κ1) is 18.0. The molecule has 4 nitrogen and oxygen atoms in total. The molecule has 124 valence electrons. The van der Waals surface area contributed by atoms with E-state index in [1.165, 1.54) is 5.56 Å². The van der Waals surface area contributed by atoms with Crippen molar-refractivity contribution < 1.29 is 13.5 Å². The molecule has 2 aromatic rings. The maximum atomic E-state index is 12.3. The van der Waals surface area contributed by atoms with Gasteiger partial charge in [-0.15, -0.1) is 0 Å². The monoisotopic (exact) mass is 351 g/mol. The third kappa shape index (κ3) is 5.66. The Hall–Kier alpha value is -1.34. The maximum Gasteiger partial charge on any atom is 0.240 e. The summed E-state index contributed by atoms with van der Waals surface area (Å²) in [6.07, 6.45) is 0. The summed E-state index contributed by atoms with van der Waals surface area (Å²) in [5.74, 6) is 1.29. The zero-order valence-electron chi connectivity index (χ0n) is 13.0. The second-order valence-electron chi connectivity index (χ2n) is 5.31. The summed E-state index contributed by atoms with van der Waals surface area (Å²) in [7, 11) is -3.61. The Bertz CT molecular complexity index is 700. The van der Waals surface area contributed by atoms with E-state index < -0.39 is 16.1 Å². The first-order chi connectivity index (χ1) is 11.0. The smallest absolute Gasteiger partial charge is 0.240 e. The van der Waals surface area contributed by atoms with Crippen LogP contribution in [-0.4, -0.2) is 31.9 Å². The van der Waals surface area contributed by atoms with Gasteiger partial charge in [0.1, 0.15) is 0 Å². The Morgan fingerprint density at radius 2 is 1.74 bits per heavy atom. The van der Waals surface area contributed by atoms with Crippen LogP contribution >= 0.6 is 11.8 Å². The van der Waals surface area contributed by atoms with Crippen LogP contribution in [0.1, 0.15) is 11.1 Å². The van der Waals surface area contributed by atoms with Crippen LogP contribution < -0.4 is 4.72 Å². The molecule has 6 heteroatoms. The molecule has 0 saturated carbocycles. The molecular weight excluding hydrogens is 330 g/mol. The van der Waals surface area contributed by atoms with Gasteiger partial charge in [0.25, 0.3) is 0 Å². The summed E-state index contributed by atoms with van der Waals surface area (Å²) in [5.41, 5.74) is 2.18. The second kappa shape index (κ2) is 8.49. The number of thioether (sulfide) groups is 1. The summed E-state index contributed by atoms with van der Waals surface area (Å²) in [6, 6.07) is 16.1. The number of benzene rings is 2. The average Bonchev–Trinajstić information content (AvgIpc) is 2.55. The molecule has 0 spiro atoms. The Morgan fingerprint density at radius 3 is 2.35 bits per heavy atom. The lowest BCUT2D eigenvalue weighted by atomic mass is 10.2. The van der Waals surface area contributed by atoms with Crippen LogP contribution in [-0.2, 0) is 15.8 Å². The van der Waals surface area contributed by atoms with Gasteiger partial charge in [-0.05, 0) is 24.6 Å². The van der Waals surface area contributed by atoms with Crippen LogP contribution in [0.25, 0.3) is 0 Å². The Balaban J connectivity index is 1.91. The molecule has 0 radical (unpaired) electrons. The SMILES string of the molecule is Cc1ccc(S(=O)(=O)N[C@H](CO)CSCc2ccccc2)cc1. The van der Waals surface area contributed by atoms with Crippen molar-refractivity contribution in [3.63, 3.8) is 0 Å². The van der Waals surface area contributed by atoms with Crippen LogP contribution in [0.4, 0.5) is 0 Å². The highest BCUT2D eigenvalue weighted by Gasteiger charge is 2.19. The lowest BCUT2D eigenvalue weighted by Gasteiger charge is -2.16. The van der Waals surface area contributed by atoms with Crippen LogP contribution in [0.2, 0.25) is 0 Å². The van der Waals surface area contributed by atoms with Gasteiger partial charge in [0, 0.05) is 11.5 Å². The van der Waals surface area contributed by atoms with Crippen LogP contribution in [0.5, 0.6) is 0 Å². The van der Waals surface area contributed by atoms with E-state index in [4.69, 9.17) is 0 Å². The van der Waals surface area contributed by atoms with Crippen molar-refractivity contribution in [2.24, 2.45) is 0 Å². The number of aryl methyl sites for hydroxylation is 1. The average molecular weight is 351 g/mol. The largest absolute Gasteiger partial charge is 0.395 e. The van der Waals surface area contributed by atoms with Crippen molar-refractivity contribution in [1.82, 2.24) is 4.72 Å². The number of aliphatic hydroxyl groups is 1. The van der Waals surface area contributed by atoms with E-state index >= 15 is 0 Å². The summed E-state index contributed by atoms with van der Waals surface area (Å²) in [5, 5.41) is 9.44. The molecule has 0 fully saturated rings. The Kier molecular flexibility index (Phi) is 6.65. The summed E-state index contributed by atoms with van der Waals surface area (Å²) in [6.45, 7) is 1.67. The second-order valence-corrected chi connectivity index (χ2v) is 8.06. The van der Waals surface area contributed by atoms with E-state index in [1.54, 1.807) is 36.0 Å². The molecule has 0 aromatic heterocycles. The van der Waals surface area contributed by atoms with Crippen molar-refractivity contribution >= 4 is 21.8 Å². The van der Waals surface area contributed by atoms with Gasteiger partial charge in [-0.25, -0.2) is 13.1 Å². The standard InChI is InChI=1S/C17H21NO3S2/c1-14-7-9-17(10-8-14)23(20,21)18-16(11-19)13-22-12-15-5-3-2-4-6-15/h2-10,16,18-19H,11-13H2,1H3/t16-/m1/s1. The lowest BCUT2D eigenvalue weighted by Crippen LogP contribution is -2.39. The van der Waals surface area contributed by atoms with Crippen LogP contribution in [0.15, 0.2) is 59.5 Å². The van der Waals surface area contributed by atoms with Gasteiger partial charge in [0.05, 0.1) is 17.5 Å². The molecule has 2 rings (SSSR count). The number of aliphatic hydroxyl groups excluding tert-OH is 1. The Morgan fingerprint density at radius 1 is 1.09 bits per heavy atom. The quantitative estimate of drug-likeness (QED) is 0.767. The Labute approximate surface area is 142 Å². The molecule has 0 aliphatic heterocycles. The number of sulfonamides is 1. The summed E-state index contributed by atoms with van der Waals surface area (Å²) < 4.78 is 27.2. The fourth-order valence-corrected chi connectivity index (χ4v) is 4.37. The molecule has 0 unspecified atom stereocenters. The van der Waals surface area contributed by atoms with E-state index in [0.29, 0.717) is 5.75 Å². The number of rotatable bonds is 8. The zero-order valence-corrected chi connectivity index (χ0v) is 14.6. The van der Waals surface area contributed by atoms with Crippen molar-refractivity contribution in [3.05, 3.63) is 65.7 Å². The molecule has 1 atom stereocenters. The van der Waals surface area contributed by atoms with Gasteiger partial charge in [0.15, 0.2) is 0 Å². The molecule has 0 heterocycles. The highest BCUT2D eigenvalue weighted by molar-refractivity contribution is 7.98. The van der Waals surface area contributed by atoms with Crippen molar-refractivity contribution in [2.45, 2.75) is 23.6 Å². The third-order valence-corrected chi connectivity index (χ3v) is 6.02. The highest BCUT2D eigenvalue weighted by atomic mass is 32.2. The van der Waals surface area contributed by atoms with Crippen LogP contribution in [0.3, 0.4) is 0 Å². The molecule has 2 aromatic carbocycles. The zero-order chi connectivity index (χ0) is 16.7. The predicted octanol–water partition coefficient (Wildman–Crippen LogP) is 2.57. The molecule has 0 saturated heterocycles. The minimum absolute atomic E-state index is 0.217. The summed E-state index contributed by atoms with van der Waals surface area (Å²) in [4.78, 5) is 0.217. The topological polar surface area (TPSA) is 66.4 Å². The van der Waals surface area contributed by atoms with E-state index in [9.17, 15) is 13.5 Å². The maximum absolute atomic E-state index is 12.3. The molecule has 2 N–H and O–H groups in total. The number of hydrogen-bond donors (Lipinski definition) is 2. The van der Waals surface area contributed by atoms with Gasteiger partial charge < -0.3 is 5.11 Å². The van der Waals surface area contributed by atoms with E-state index in [1.807, 2.05) is 37.3 Å². The van der Waals surface area contributed by atoms with E-state index in [-0.39, 0.29) is 11.5 Å². The van der Waals surface area contributed by atoms with Gasteiger partial charge in [-0.2, -0.15) is 11.8 Å². The van der Waals surface area contributed by atoms with Gasteiger partial charge in [-0.1, -0.05) is 48.0 Å². The third-order valence-electron chi connectivity index (χ3n) is 3.30. The fraction of sp³-hybridized carbons (Fsp3) is 0.294. The normalized spacial score (nSPS) is 13.0. The first-order valence-corrected chi connectivity index (χ1v) is 9.96. The summed E-state index contributed by atoms with van der Waals surface area (Å²) >= 11 is 1.59. The molecule has 0 amide bonds. The molecular formula is C17H21NO3S2. The van der Waals surface area contributed by atoms with Gasteiger partial charge in [0.2, 0.25) is 10.0 Å².